The molecule has 1 saturated heterocycles. The molecule has 0 atom stereocenters. The van der Waals surface area contributed by atoms with Crippen LogP contribution in [-0.2, 0) is 11.3 Å². The van der Waals surface area contributed by atoms with Crippen molar-refractivity contribution < 1.29 is 4.74 Å². The minimum atomic E-state index is 0.782. The second-order valence-corrected chi connectivity index (χ2v) is 6.70. The number of ether oxygens (including phenoxy) is 1. The molecular weight excluding hydrogens is 306 g/mol. The van der Waals surface area contributed by atoms with Crippen LogP contribution in [0.15, 0.2) is 41.9 Å². The molecule has 4 rings (SSSR count). The molecule has 3 aromatic rings. The zero-order chi connectivity index (χ0) is 15.6. The largest absolute Gasteiger partial charge is 0.398 e. The number of hydrogen-bond acceptors (Lipinski definition) is 5. The first-order chi connectivity index (χ1) is 11.3. The number of nitrogen functional groups attached to an aromatic ring is 1. The number of hydrogen-bond donors (Lipinski definition) is 1. The van der Waals surface area contributed by atoms with Crippen molar-refractivity contribution >= 4 is 27.2 Å². The van der Waals surface area contributed by atoms with Crippen molar-refractivity contribution in [3.63, 3.8) is 0 Å². The van der Waals surface area contributed by atoms with Crippen LogP contribution in [-0.4, -0.2) is 36.2 Å². The van der Waals surface area contributed by atoms with Gasteiger partial charge in [-0.15, -0.1) is 11.3 Å². The third-order valence-electron chi connectivity index (χ3n) is 4.29. The Labute approximate surface area is 139 Å². The number of thiazole rings is 1. The predicted molar refractivity (Wildman–Crippen MR) is 95.6 cm³/mol. The van der Waals surface area contributed by atoms with E-state index in [4.69, 9.17) is 10.5 Å². The van der Waals surface area contributed by atoms with E-state index in [9.17, 15) is 0 Å². The van der Waals surface area contributed by atoms with Crippen LogP contribution in [0.4, 0.5) is 5.69 Å². The molecule has 4 nitrogen and oxygen atoms in total. The first-order valence-corrected chi connectivity index (χ1v) is 8.70. The van der Waals surface area contributed by atoms with Crippen molar-refractivity contribution in [3.05, 3.63) is 47.5 Å². The van der Waals surface area contributed by atoms with Crippen molar-refractivity contribution in [2.75, 3.05) is 32.0 Å². The lowest BCUT2D eigenvalue weighted by Gasteiger charge is -2.26. The molecule has 118 valence electrons. The Bertz CT molecular complexity index is 807. The van der Waals surface area contributed by atoms with Crippen LogP contribution in [0.3, 0.4) is 0 Å². The van der Waals surface area contributed by atoms with E-state index in [1.165, 1.54) is 10.3 Å². The molecule has 23 heavy (non-hydrogen) atoms. The topological polar surface area (TPSA) is 51.4 Å². The van der Waals surface area contributed by atoms with Gasteiger partial charge in [0.25, 0.3) is 0 Å². The van der Waals surface area contributed by atoms with Crippen molar-refractivity contribution in [1.82, 2.24) is 9.88 Å². The highest BCUT2D eigenvalue weighted by Crippen LogP contribution is 2.34. The number of rotatable bonds is 3. The Kier molecular flexibility index (Phi) is 3.99. The van der Waals surface area contributed by atoms with Crippen LogP contribution in [0.2, 0.25) is 0 Å². The molecule has 0 saturated carbocycles. The molecule has 1 aromatic heterocycles. The maximum Gasteiger partial charge on any atom is 0.0911 e. The fraction of sp³-hybridized carbons (Fsp3) is 0.278. The summed E-state index contributed by atoms with van der Waals surface area (Å²) in [4.78, 5) is 6.91. The average Bonchev–Trinajstić information content (AvgIpc) is 3.05. The summed E-state index contributed by atoms with van der Waals surface area (Å²) in [6.45, 7) is 4.65. The van der Waals surface area contributed by atoms with Crippen LogP contribution >= 0.6 is 11.3 Å². The molecule has 0 spiro atoms. The molecule has 2 N–H and O–H groups in total. The van der Waals surface area contributed by atoms with Crippen molar-refractivity contribution in [3.8, 4) is 11.1 Å². The van der Waals surface area contributed by atoms with Gasteiger partial charge in [0.2, 0.25) is 0 Å². The van der Waals surface area contributed by atoms with Crippen LogP contribution in [0.5, 0.6) is 0 Å². The number of fused-ring (bicyclic) bond motifs is 1. The quantitative estimate of drug-likeness (QED) is 0.750. The standard InChI is InChI=1S/C18H19N3OS/c19-15-5-6-16-18(20-12-23-16)17(15)14-3-1-13(2-4-14)11-21-7-9-22-10-8-21/h1-6,12H,7-11,19H2. The zero-order valence-electron chi connectivity index (χ0n) is 12.9. The minimum Gasteiger partial charge on any atom is -0.398 e. The van der Waals surface area contributed by atoms with Gasteiger partial charge < -0.3 is 10.5 Å². The molecule has 0 bridgehead atoms. The van der Waals surface area contributed by atoms with E-state index >= 15 is 0 Å². The van der Waals surface area contributed by atoms with E-state index in [2.05, 4.69) is 34.1 Å². The highest BCUT2D eigenvalue weighted by atomic mass is 32.1. The highest BCUT2D eigenvalue weighted by molar-refractivity contribution is 7.16. The van der Waals surface area contributed by atoms with E-state index < -0.39 is 0 Å². The molecule has 0 aliphatic carbocycles. The lowest BCUT2D eigenvalue weighted by atomic mass is 10.0. The van der Waals surface area contributed by atoms with Crippen molar-refractivity contribution in [2.45, 2.75) is 6.54 Å². The van der Waals surface area contributed by atoms with Gasteiger partial charge >= 0.3 is 0 Å². The zero-order valence-corrected chi connectivity index (χ0v) is 13.7. The van der Waals surface area contributed by atoms with E-state index in [0.717, 1.165) is 55.2 Å². The van der Waals surface area contributed by atoms with Crippen LogP contribution in [0.25, 0.3) is 21.3 Å². The summed E-state index contributed by atoms with van der Waals surface area (Å²) in [7, 11) is 0. The maximum atomic E-state index is 6.21. The monoisotopic (exact) mass is 325 g/mol. The summed E-state index contributed by atoms with van der Waals surface area (Å²) in [5.74, 6) is 0. The van der Waals surface area contributed by atoms with Gasteiger partial charge in [0.05, 0.1) is 28.9 Å². The average molecular weight is 325 g/mol. The Morgan fingerprint density at radius 2 is 1.87 bits per heavy atom. The number of nitrogens with two attached hydrogens (primary N) is 1. The molecule has 1 aliphatic rings. The first-order valence-electron chi connectivity index (χ1n) is 7.82. The summed E-state index contributed by atoms with van der Waals surface area (Å²) >= 11 is 1.65. The normalized spacial score (nSPS) is 16.0. The number of nitrogens with zero attached hydrogens (tertiary/aromatic N) is 2. The summed E-state index contributed by atoms with van der Waals surface area (Å²) in [5.41, 5.74) is 13.4. The minimum absolute atomic E-state index is 0.782. The van der Waals surface area contributed by atoms with Crippen molar-refractivity contribution in [2.24, 2.45) is 0 Å². The van der Waals surface area contributed by atoms with Gasteiger partial charge in [0.15, 0.2) is 0 Å². The van der Waals surface area contributed by atoms with E-state index in [1.54, 1.807) is 11.3 Å². The fourth-order valence-corrected chi connectivity index (χ4v) is 3.73. The lowest BCUT2D eigenvalue weighted by molar-refractivity contribution is 0.0342. The van der Waals surface area contributed by atoms with Gasteiger partial charge in [-0.1, -0.05) is 24.3 Å². The summed E-state index contributed by atoms with van der Waals surface area (Å²) in [5, 5.41) is 0. The molecule has 2 aromatic carbocycles. The molecule has 5 heteroatoms. The van der Waals surface area contributed by atoms with Gasteiger partial charge in [-0.25, -0.2) is 4.98 Å². The third-order valence-corrected chi connectivity index (χ3v) is 5.08. The van der Waals surface area contributed by atoms with E-state index in [-0.39, 0.29) is 0 Å². The van der Waals surface area contributed by atoms with Gasteiger partial charge in [-0.3, -0.25) is 4.90 Å². The summed E-state index contributed by atoms with van der Waals surface area (Å²) in [6.07, 6.45) is 0. The van der Waals surface area contributed by atoms with E-state index in [1.807, 2.05) is 17.6 Å². The third kappa shape index (κ3) is 2.95. The molecule has 2 heterocycles. The lowest BCUT2D eigenvalue weighted by Crippen LogP contribution is -2.35. The number of anilines is 1. The Morgan fingerprint density at radius 3 is 2.65 bits per heavy atom. The van der Waals surface area contributed by atoms with Gasteiger partial charge in [-0.2, -0.15) is 0 Å². The summed E-state index contributed by atoms with van der Waals surface area (Å²) < 4.78 is 6.57. The first kappa shape index (κ1) is 14.6. The van der Waals surface area contributed by atoms with Crippen molar-refractivity contribution in [1.29, 1.82) is 0 Å². The molecule has 0 unspecified atom stereocenters. The van der Waals surface area contributed by atoms with Gasteiger partial charge in [0, 0.05) is 30.9 Å². The second kappa shape index (κ2) is 6.28. The molecule has 1 aliphatic heterocycles. The Hall–Kier alpha value is -1.95. The smallest absolute Gasteiger partial charge is 0.0911 e. The van der Waals surface area contributed by atoms with E-state index in [0.29, 0.717) is 0 Å². The number of aromatic nitrogens is 1. The Morgan fingerprint density at radius 1 is 1.09 bits per heavy atom. The van der Waals surface area contributed by atoms with Crippen LogP contribution in [0.1, 0.15) is 5.56 Å². The number of morpholine rings is 1. The SMILES string of the molecule is Nc1ccc2scnc2c1-c1ccc(CN2CCOCC2)cc1. The molecule has 0 radical (unpaired) electrons. The molecule has 1 fully saturated rings. The maximum absolute atomic E-state index is 6.21. The number of benzene rings is 2. The Balaban J connectivity index is 1.62. The van der Waals surface area contributed by atoms with Crippen LogP contribution in [0, 0.1) is 0 Å². The van der Waals surface area contributed by atoms with Gasteiger partial charge in [0.1, 0.15) is 0 Å². The predicted octanol–water partition coefficient (Wildman–Crippen LogP) is 3.38. The van der Waals surface area contributed by atoms with Crippen LogP contribution < -0.4 is 5.73 Å². The fourth-order valence-electron chi connectivity index (χ4n) is 3.04. The molecular formula is C18H19N3OS. The highest BCUT2D eigenvalue weighted by Gasteiger charge is 2.12. The molecule has 0 amide bonds. The summed E-state index contributed by atoms with van der Waals surface area (Å²) in [6, 6.07) is 12.7. The second-order valence-electron chi connectivity index (χ2n) is 5.81. The van der Waals surface area contributed by atoms with Gasteiger partial charge in [-0.05, 0) is 23.3 Å².